The van der Waals surface area contributed by atoms with E-state index in [2.05, 4.69) is 9.88 Å². The molecule has 1 fully saturated rings. The van der Waals surface area contributed by atoms with Crippen molar-refractivity contribution in [2.24, 2.45) is 5.41 Å². The number of carbonyl (C=O) groups is 1. The molecule has 1 atom stereocenters. The molecule has 5 nitrogen and oxygen atoms in total. The highest BCUT2D eigenvalue weighted by Gasteiger charge is 2.43. The summed E-state index contributed by atoms with van der Waals surface area (Å²) in [6, 6.07) is 15.7. The highest BCUT2D eigenvalue weighted by atomic mass is 16.5. The minimum atomic E-state index is -0.516. The summed E-state index contributed by atoms with van der Waals surface area (Å²) in [4.78, 5) is 19.6. The van der Waals surface area contributed by atoms with E-state index in [4.69, 9.17) is 9.47 Å². The molecule has 27 heavy (non-hydrogen) atoms. The molecule has 1 aromatic heterocycles. The molecular formula is C22H28N2O3. The molecule has 3 rings (SSSR count). The van der Waals surface area contributed by atoms with Crippen LogP contribution < -0.4 is 4.74 Å². The van der Waals surface area contributed by atoms with E-state index in [0.29, 0.717) is 26.2 Å². The lowest BCUT2D eigenvalue weighted by molar-refractivity contribution is -0.160. The molecule has 0 saturated carbocycles. The van der Waals surface area contributed by atoms with Crippen molar-refractivity contribution in [3.8, 4) is 5.75 Å². The Morgan fingerprint density at radius 3 is 2.74 bits per heavy atom. The Hall–Kier alpha value is -2.40. The van der Waals surface area contributed by atoms with Crippen molar-refractivity contribution in [3.05, 3.63) is 60.4 Å². The summed E-state index contributed by atoms with van der Waals surface area (Å²) in [5.41, 5.74) is 0.510. The van der Waals surface area contributed by atoms with Crippen LogP contribution in [0.1, 0.15) is 31.9 Å². The summed E-state index contributed by atoms with van der Waals surface area (Å²) >= 11 is 0. The second kappa shape index (κ2) is 9.51. The summed E-state index contributed by atoms with van der Waals surface area (Å²) < 4.78 is 11.3. The lowest BCUT2D eigenvalue weighted by Crippen LogP contribution is -2.49. The van der Waals surface area contributed by atoms with Crippen LogP contribution in [0.15, 0.2) is 54.7 Å². The first kappa shape index (κ1) is 19.4. The minimum Gasteiger partial charge on any atom is -0.494 e. The number of likely N-dealkylation sites (tertiary alicyclic amines) is 1. The number of aromatic nitrogens is 1. The predicted octanol–water partition coefficient (Wildman–Crippen LogP) is 3.70. The van der Waals surface area contributed by atoms with E-state index in [-0.39, 0.29) is 5.97 Å². The van der Waals surface area contributed by atoms with Crippen LogP contribution in [-0.2, 0) is 16.1 Å². The number of hydrogen-bond donors (Lipinski definition) is 0. The molecule has 0 radical (unpaired) electrons. The van der Waals surface area contributed by atoms with E-state index in [1.807, 2.05) is 61.7 Å². The van der Waals surface area contributed by atoms with Crippen molar-refractivity contribution >= 4 is 5.97 Å². The average molecular weight is 368 g/mol. The molecule has 1 saturated heterocycles. The maximum atomic E-state index is 12.8. The van der Waals surface area contributed by atoms with E-state index in [0.717, 1.165) is 37.4 Å². The largest absolute Gasteiger partial charge is 0.494 e. The first-order valence-electron chi connectivity index (χ1n) is 9.69. The van der Waals surface area contributed by atoms with Gasteiger partial charge in [-0.2, -0.15) is 0 Å². The molecule has 0 aliphatic carbocycles. The normalized spacial score (nSPS) is 20.2. The average Bonchev–Trinajstić information content (AvgIpc) is 2.70. The third-order valence-electron chi connectivity index (χ3n) is 5.07. The van der Waals surface area contributed by atoms with E-state index in [9.17, 15) is 4.79 Å². The van der Waals surface area contributed by atoms with E-state index < -0.39 is 5.41 Å². The van der Waals surface area contributed by atoms with Crippen molar-refractivity contribution in [3.63, 3.8) is 0 Å². The molecule has 1 aliphatic rings. The van der Waals surface area contributed by atoms with Crippen molar-refractivity contribution in [1.82, 2.24) is 9.88 Å². The summed E-state index contributed by atoms with van der Waals surface area (Å²) in [5, 5.41) is 0. The maximum absolute atomic E-state index is 12.8. The molecule has 2 aromatic rings. The highest BCUT2D eigenvalue weighted by molar-refractivity contribution is 5.77. The number of carbonyl (C=O) groups excluding carboxylic acids is 1. The summed E-state index contributed by atoms with van der Waals surface area (Å²) in [6.45, 7) is 5.17. The molecule has 0 unspecified atom stereocenters. The predicted molar refractivity (Wildman–Crippen MR) is 104 cm³/mol. The van der Waals surface area contributed by atoms with Crippen LogP contribution in [0.25, 0.3) is 0 Å². The van der Waals surface area contributed by atoms with Crippen LogP contribution in [-0.4, -0.2) is 42.2 Å². The fraction of sp³-hybridized carbons (Fsp3) is 0.455. The van der Waals surface area contributed by atoms with Crippen LogP contribution in [0.3, 0.4) is 0 Å². The van der Waals surface area contributed by atoms with Gasteiger partial charge in [0.25, 0.3) is 0 Å². The molecule has 1 aliphatic heterocycles. The fourth-order valence-corrected chi connectivity index (χ4v) is 3.72. The van der Waals surface area contributed by atoms with Gasteiger partial charge in [0.1, 0.15) is 5.75 Å². The second-order valence-electron chi connectivity index (χ2n) is 7.05. The Labute approximate surface area is 161 Å². The van der Waals surface area contributed by atoms with Crippen molar-refractivity contribution < 1.29 is 14.3 Å². The number of hydrogen-bond acceptors (Lipinski definition) is 5. The SMILES string of the molecule is CCOC(=O)[C@]1(CCOc2ccccc2)CCCN(Cc2ccccn2)C1. The second-order valence-corrected chi connectivity index (χ2v) is 7.05. The summed E-state index contributed by atoms with van der Waals surface area (Å²) in [6.07, 6.45) is 4.27. The van der Waals surface area contributed by atoms with E-state index in [1.165, 1.54) is 0 Å². The Bertz CT molecular complexity index is 708. The Kier molecular flexibility index (Phi) is 6.82. The van der Waals surface area contributed by atoms with E-state index in [1.54, 1.807) is 0 Å². The van der Waals surface area contributed by atoms with Crippen molar-refractivity contribution in [2.75, 3.05) is 26.3 Å². The van der Waals surface area contributed by atoms with Gasteiger partial charge in [-0.25, -0.2) is 0 Å². The lowest BCUT2D eigenvalue weighted by atomic mass is 9.77. The molecule has 1 aromatic carbocycles. The molecular weight excluding hydrogens is 340 g/mol. The van der Waals surface area contributed by atoms with Crippen molar-refractivity contribution in [2.45, 2.75) is 32.7 Å². The smallest absolute Gasteiger partial charge is 0.313 e. The van der Waals surface area contributed by atoms with Crippen LogP contribution in [0.4, 0.5) is 0 Å². The topological polar surface area (TPSA) is 51.7 Å². The van der Waals surface area contributed by atoms with Crippen LogP contribution in [0, 0.1) is 5.41 Å². The molecule has 2 heterocycles. The van der Waals surface area contributed by atoms with Gasteiger partial charge in [-0.3, -0.25) is 14.7 Å². The highest BCUT2D eigenvalue weighted by Crippen LogP contribution is 2.35. The Morgan fingerprint density at radius 1 is 1.19 bits per heavy atom. The monoisotopic (exact) mass is 368 g/mol. The number of esters is 1. The quantitative estimate of drug-likeness (QED) is 0.665. The zero-order chi connectivity index (χ0) is 19.0. The standard InChI is InChI=1S/C22H28N2O3/c1-2-26-21(25)22(13-16-27-20-10-4-3-5-11-20)12-8-15-24(18-22)17-19-9-6-7-14-23-19/h3-7,9-11,14H,2,8,12-13,15-18H2,1H3/t22-/m0/s1. The third kappa shape index (κ3) is 5.30. The fourth-order valence-electron chi connectivity index (χ4n) is 3.72. The third-order valence-corrected chi connectivity index (χ3v) is 5.07. The number of para-hydroxylation sites is 1. The van der Waals surface area contributed by atoms with Crippen LogP contribution in [0.5, 0.6) is 5.75 Å². The number of rotatable bonds is 8. The summed E-state index contributed by atoms with van der Waals surface area (Å²) in [5.74, 6) is 0.727. The lowest BCUT2D eigenvalue weighted by Gasteiger charge is -2.40. The van der Waals surface area contributed by atoms with Gasteiger partial charge in [-0.05, 0) is 57.0 Å². The number of ether oxygens (including phenoxy) is 2. The molecule has 144 valence electrons. The Balaban J connectivity index is 1.66. The maximum Gasteiger partial charge on any atom is 0.313 e. The minimum absolute atomic E-state index is 0.104. The number of benzene rings is 1. The summed E-state index contributed by atoms with van der Waals surface area (Å²) in [7, 11) is 0. The van der Waals surface area contributed by atoms with Gasteiger partial charge in [0.2, 0.25) is 0 Å². The van der Waals surface area contributed by atoms with Crippen LogP contribution >= 0.6 is 0 Å². The molecule has 0 N–H and O–H groups in total. The van der Waals surface area contributed by atoms with E-state index >= 15 is 0 Å². The molecule has 5 heteroatoms. The van der Waals surface area contributed by atoms with Gasteiger partial charge in [-0.1, -0.05) is 24.3 Å². The molecule has 0 amide bonds. The first-order valence-corrected chi connectivity index (χ1v) is 9.69. The van der Waals surface area contributed by atoms with Gasteiger partial charge < -0.3 is 9.47 Å². The molecule has 0 spiro atoms. The Morgan fingerprint density at radius 2 is 2.00 bits per heavy atom. The van der Waals surface area contributed by atoms with Gasteiger partial charge in [-0.15, -0.1) is 0 Å². The van der Waals surface area contributed by atoms with Crippen LogP contribution in [0.2, 0.25) is 0 Å². The van der Waals surface area contributed by atoms with Gasteiger partial charge in [0, 0.05) is 19.3 Å². The van der Waals surface area contributed by atoms with Gasteiger partial charge in [0.15, 0.2) is 0 Å². The number of pyridine rings is 1. The van der Waals surface area contributed by atoms with Crippen molar-refractivity contribution in [1.29, 1.82) is 0 Å². The molecule has 0 bridgehead atoms. The zero-order valence-corrected chi connectivity index (χ0v) is 16.0. The number of piperidine rings is 1. The first-order chi connectivity index (χ1) is 13.2. The van der Waals surface area contributed by atoms with Gasteiger partial charge in [0.05, 0.1) is 24.3 Å². The zero-order valence-electron chi connectivity index (χ0n) is 16.0. The number of nitrogens with zero attached hydrogens (tertiary/aromatic N) is 2. The van der Waals surface area contributed by atoms with Gasteiger partial charge >= 0.3 is 5.97 Å².